The lowest BCUT2D eigenvalue weighted by molar-refractivity contribution is 0.0949. The highest BCUT2D eigenvalue weighted by molar-refractivity contribution is 5.99. The summed E-state index contributed by atoms with van der Waals surface area (Å²) in [5, 5.41) is 4.31. The molecule has 2 aromatic heterocycles. The van der Waals surface area contributed by atoms with Gasteiger partial charge >= 0.3 is 0 Å². The van der Waals surface area contributed by atoms with E-state index in [2.05, 4.69) is 42.4 Å². The van der Waals surface area contributed by atoms with Gasteiger partial charge in [-0.1, -0.05) is 25.5 Å². The van der Waals surface area contributed by atoms with E-state index in [4.69, 9.17) is 0 Å². The summed E-state index contributed by atoms with van der Waals surface area (Å²) in [5.74, 6) is -0.270. The maximum absolute atomic E-state index is 12.4. The van der Waals surface area contributed by atoms with Crippen LogP contribution in [0.4, 0.5) is 0 Å². The molecule has 5 nitrogen and oxygen atoms in total. The Bertz CT molecular complexity index is 827. The first-order valence-electron chi connectivity index (χ1n) is 7.83. The molecule has 1 aliphatic carbocycles. The smallest absolute Gasteiger partial charge is 0.291 e. The molecule has 5 heteroatoms. The van der Waals surface area contributed by atoms with Crippen molar-refractivity contribution in [2.45, 2.75) is 40.5 Å². The molecule has 2 aromatic rings. The fraction of sp³-hybridized carbons (Fsp3) is 0.389. The van der Waals surface area contributed by atoms with Gasteiger partial charge in [-0.25, -0.2) is 10.4 Å². The third-order valence-electron chi connectivity index (χ3n) is 4.11. The number of allylic oxidation sites excluding steroid dienone is 2. The van der Waals surface area contributed by atoms with Gasteiger partial charge in [-0.05, 0) is 50.3 Å². The Morgan fingerprint density at radius 3 is 2.78 bits per heavy atom. The number of hydrazone groups is 1. The van der Waals surface area contributed by atoms with Crippen LogP contribution in [0.2, 0.25) is 0 Å². The van der Waals surface area contributed by atoms with E-state index in [1.54, 1.807) is 0 Å². The van der Waals surface area contributed by atoms with Crippen molar-refractivity contribution < 1.29 is 4.79 Å². The Labute approximate surface area is 136 Å². The van der Waals surface area contributed by atoms with Crippen molar-refractivity contribution >= 4 is 17.3 Å². The number of carbonyl (C=O) groups excluding carboxylic acids is 1. The average molecular weight is 310 g/mol. The van der Waals surface area contributed by atoms with Crippen LogP contribution in [0.15, 0.2) is 41.1 Å². The first-order valence-corrected chi connectivity index (χ1v) is 7.83. The Balaban J connectivity index is 1.83. The third-order valence-corrected chi connectivity index (χ3v) is 4.11. The van der Waals surface area contributed by atoms with Crippen LogP contribution in [-0.2, 0) is 0 Å². The summed E-state index contributed by atoms with van der Waals surface area (Å²) in [6.45, 7) is 8.42. The summed E-state index contributed by atoms with van der Waals surface area (Å²) in [7, 11) is 0. The lowest BCUT2D eigenvalue weighted by Crippen LogP contribution is -2.25. The molecular weight excluding hydrogens is 288 g/mol. The molecule has 1 amide bonds. The molecule has 0 radical (unpaired) electrons. The van der Waals surface area contributed by atoms with Gasteiger partial charge in [-0.15, -0.1) is 0 Å². The number of rotatable bonds is 2. The number of carbonyl (C=O) groups is 1. The third kappa shape index (κ3) is 3.18. The van der Waals surface area contributed by atoms with Gasteiger partial charge in [0, 0.05) is 6.20 Å². The molecule has 3 rings (SSSR count). The average Bonchev–Trinajstić information content (AvgIpc) is 2.80. The highest BCUT2D eigenvalue weighted by atomic mass is 16.2. The summed E-state index contributed by atoms with van der Waals surface area (Å²) in [6.07, 6.45) is 5.87. The summed E-state index contributed by atoms with van der Waals surface area (Å²) in [6, 6.07) is 5.70. The SMILES string of the molecule is CC1=C/C(=N/NC(=O)c2nc3ccccn3c2C)CC(C)(C)C1. The Morgan fingerprint density at radius 1 is 1.30 bits per heavy atom. The molecule has 0 aliphatic heterocycles. The van der Waals surface area contributed by atoms with Crippen LogP contribution in [0.5, 0.6) is 0 Å². The first-order chi connectivity index (χ1) is 10.9. The maximum Gasteiger partial charge on any atom is 0.291 e. The number of hydrogen-bond donors (Lipinski definition) is 1. The van der Waals surface area contributed by atoms with E-state index in [1.807, 2.05) is 35.7 Å². The lowest BCUT2D eigenvalue weighted by Gasteiger charge is -2.29. The Kier molecular flexibility index (Phi) is 3.80. The van der Waals surface area contributed by atoms with Gasteiger partial charge < -0.3 is 4.40 Å². The summed E-state index contributed by atoms with van der Waals surface area (Å²) in [4.78, 5) is 16.8. The van der Waals surface area contributed by atoms with Gasteiger partial charge in [0.1, 0.15) is 5.65 Å². The number of aromatic nitrogens is 2. The molecule has 0 bridgehead atoms. The van der Waals surface area contributed by atoms with Gasteiger partial charge in [0.25, 0.3) is 5.91 Å². The van der Waals surface area contributed by atoms with Crippen molar-refractivity contribution in [1.82, 2.24) is 14.8 Å². The van der Waals surface area contributed by atoms with Crippen molar-refractivity contribution in [2.24, 2.45) is 10.5 Å². The molecule has 0 aromatic carbocycles. The van der Waals surface area contributed by atoms with Crippen molar-refractivity contribution in [3.8, 4) is 0 Å². The van der Waals surface area contributed by atoms with Crippen molar-refractivity contribution in [3.05, 3.63) is 47.4 Å². The molecule has 0 saturated carbocycles. The number of fused-ring (bicyclic) bond motifs is 1. The van der Waals surface area contributed by atoms with E-state index in [1.165, 1.54) is 5.57 Å². The Hall–Kier alpha value is -2.43. The first kappa shape index (κ1) is 15.5. The van der Waals surface area contributed by atoms with E-state index in [0.717, 1.165) is 29.9 Å². The molecule has 0 spiro atoms. The number of pyridine rings is 1. The van der Waals surface area contributed by atoms with Gasteiger partial charge in [-0.3, -0.25) is 4.79 Å². The van der Waals surface area contributed by atoms with Gasteiger partial charge in [-0.2, -0.15) is 5.10 Å². The highest BCUT2D eigenvalue weighted by Gasteiger charge is 2.25. The zero-order valence-electron chi connectivity index (χ0n) is 14.1. The molecule has 2 heterocycles. The summed E-state index contributed by atoms with van der Waals surface area (Å²) >= 11 is 0. The van der Waals surface area contributed by atoms with Crippen molar-refractivity contribution in [1.29, 1.82) is 0 Å². The van der Waals surface area contributed by atoms with E-state index in [0.29, 0.717) is 5.69 Å². The van der Waals surface area contributed by atoms with Crippen LogP contribution in [0.1, 0.15) is 49.8 Å². The normalized spacial score (nSPS) is 19.0. The van der Waals surface area contributed by atoms with Crippen LogP contribution < -0.4 is 5.43 Å². The Morgan fingerprint density at radius 2 is 2.09 bits per heavy atom. The van der Waals surface area contributed by atoms with Gasteiger partial charge in [0.05, 0.1) is 11.4 Å². The molecule has 23 heavy (non-hydrogen) atoms. The number of hydrogen-bond acceptors (Lipinski definition) is 3. The minimum absolute atomic E-state index is 0.182. The highest BCUT2D eigenvalue weighted by Crippen LogP contribution is 2.33. The summed E-state index contributed by atoms with van der Waals surface area (Å²) < 4.78 is 1.90. The lowest BCUT2D eigenvalue weighted by atomic mass is 9.77. The molecular formula is C18H22N4O. The molecule has 1 aliphatic rings. The van der Waals surface area contributed by atoms with Crippen molar-refractivity contribution in [2.75, 3.05) is 0 Å². The van der Waals surface area contributed by atoms with Crippen LogP contribution in [0, 0.1) is 12.3 Å². The largest absolute Gasteiger partial charge is 0.304 e. The number of amides is 1. The van der Waals surface area contributed by atoms with E-state index in [9.17, 15) is 4.79 Å². The zero-order valence-corrected chi connectivity index (χ0v) is 14.1. The number of nitrogens with zero attached hydrogens (tertiary/aromatic N) is 3. The maximum atomic E-state index is 12.4. The molecule has 1 N–H and O–H groups in total. The fourth-order valence-corrected chi connectivity index (χ4v) is 3.27. The quantitative estimate of drug-likeness (QED) is 0.863. The molecule has 0 saturated heterocycles. The zero-order chi connectivity index (χ0) is 16.6. The monoisotopic (exact) mass is 310 g/mol. The second-order valence-electron chi connectivity index (χ2n) is 7.03. The minimum atomic E-state index is -0.270. The van der Waals surface area contributed by atoms with Crippen LogP contribution in [0.3, 0.4) is 0 Å². The van der Waals surface area contributed by atoms with Crippen LogP contribution in [-0.4, -0.2) is 21.0 Å². The number of imidazole rings is 1. The van der Waals surface area contributed by atoms with E-state index < -0.39 is 0 Å². The molecule has 0 unspecified atom stereocenters. The van der Waals surface area contributed by atoms with Crippen LogP contribution in [0.25, 0.3) is 5.65 Å². The predicted octanol–water partition coefficient (Wildman–Crippen LogP) is 3.49. The standard InChI is InChI=1S/C18H22N4O/c1-12-9-14(11-18(3,4)10-12)20-21-17(23)16-13(2)22-8-6-5-7-15(22)19-16/h5-9H,10-11H2,1-4H3,(H,21,23)/b20-14-. The number of aryl methyl sites for hydroxylation is 1. The molecule has 0 atom stereocenters. The second-order valence-corrected chi connectivity index (χ2v) is 7.03. The van der Waals surface area contributed by atoms with Crippen LogP contribution >= 0.6 is 0 Å². The van der Waals surface area contributed by atoms with E-state index >= 15 is 0 Å². The summed E-state index contributed by atoms with van der Waals surface area (Å²) in [5.41, 5.74) is 7.03. The van der Waals surface area contributed by atoms with Gasteiger partial charge in [0.15, 0.2) is 5.69 Å². The topological polar surface area (TPSA) is 58.8 Å². The fourth-order valence-electron chi connectivity index (χ4n) is 3.27. The molecule has 0 fully saturated rings. The minimum Gasteiger partial charge on any atom is -0.304 e. The van der Waals surface area contributed by atoms with E-state index in [-0.39, 0.29) is 11.3 Å². The molecule has 120 valence electrons. The number of nitrogens with one attached hydrogen (secondary N) is 1. The second kappa shape index (κ2) is 5.65. The van der Waals surface area contributed by atoms with Gasteiger partial charge in [0.2, 0.25) is 0 Å². The van der Waals surface area contributed by atoms with Crippen molar-refractivity contribution in [3.63, 3.8) is 0 Å². The predicted molar refractivity (Wildman–Crippen MR) is 91.6 cm³/mol.